The van der Waals surface area contributed by atoms with Gasteiger partial charge in [-0.25, -0.2) is 4.98 Å². The first-order valence-electron chi connectivity index (χ1n) is 6.40. The van der Waals surface area contributed by atoms with Crippen LogP contribution in [-0.4, -0.2) is 45.2 Å². The van der Waals surface area contributed by atoms with Crippen molar-refractivity contribution in [2.45, 2.75) is 33.2 Å². The Hall–Kier alpha value is -1.95. The number of likely N-dealkylation sites (N-methyl/N-ethyl adjacent to an activating group) is 1. The zero-order valence-electron chi connectivity index (χ0n) is 12.4. The number of aromatic nitrogens is 2. The van der Waals surface area contributed by atoms with Crippen LogP contribution in [-0.2, 0) is 0 Å². The summed E-state index contributed by atoms with van der Waals surface area (Å²) in [5, 5.41) is 13.9. The number of hydrogen-bond donors (Lipinski definition) is 1. The summed E-state index contributed by atoms with van der Waals surface area (Å²) < 4.78 is 5.13. The van der Waals surface area contributed by atoms with Crippen LogP contribution in [0.15, 0.2) is 10.6 Å². The van der Waals surface area contributed by atoms with Gasteiger partial charge in [-0.15, -0.1) is 0 Å². The highest BCUT2D eigenvalue weighted by atomic mass is 16.5. The standard InChI is InChI=1S/C14H19N3O3/c1-8-6-10(11-9(2)16-20-12(11)15-8)13(19)17(5)14(3,4)7-18/h6,18H,7H2,1-5H3. The number of rotatable bonds is 3. The van der Waals surface area contributed by atoms with Crippen LogP contribution in [0.2, 0.25) is 0 Å². The zero-order valence-corrected chi connectivity index (χ0v) is 12.4. The molecule has 0 radical (unpaired) electrons. The molecule has 2 aromatic rings. The van der Waals surface area contributed by atoms with Crippen LogP contribution in [0.4, 0.5) is 0 Å². The van der Waals surface area contributed by atoms with Crippen LogP contribution >= 0.6 is 0 Å². The molecule has 1 N–H and O–H groups in total. The average Bonchev–Trinajstić information content (AvgIpc) is 2.77. The van der Waals surface area contributed by atoms with Crippen molar-refractivity contribution in [3.63, 3.8) is 0 Å². The summed E-state index contributed by atoms with van der Waals surface area (Å²) in [6, 6.07) is 1.72. The van der Waals surface area contributed by atoms with E-state index in [1.165, 1.54) is 4.90 Å². The average molecular weight is 277 g/mol. The number of aliphatic hydroxyl groups is 1. The summed E-state index contributed by atoms with van der Waals surface area (Å²) in [6.45, 7) is 7.06. The normalized spacial score (nSPS) is 11.9. The van der Waals surface area contributed by atoms with Crippen LogP contribution in [0.1, 0.15) is 35.6 Å². The quantitative estimate of drug-likeness (QED) is 0.923. The van der Waals surface area contributed by atoms with Crippen molar-refractivity contribution >= 4 is 17.0 Å². The van der Waals surface area contributed by atoms with E-state index in [-0.39, 0.29) is 12.5 Å². The Morgan fingerprint density at radius 1 is 1.45 bits per heavy atom. The van der Waals surface area contributed by atoms with Crippen molar-refractivity contribution in [2.75, 3.05) is 13.7 Å². The first-order chi connectivity index (χ1) is 9.27. The van der Waals surface area contributed by atoms with Gasteiger partial charge in [0.25, 0.3) is 11.6 Å². The highest BCUT2D eigenvalue weighted by molar-refractivity contribution is 6.06. The van der Waals surface area contributed by atoms with E-state index in [0.717, 1.165) is 0 Å². The fourth-order valence-electron chi connectivity index (χ4n) is 1.95. The maximum atomic E-state index is 12.7. The van der Waals surface area contributed by atoms with Gasteiger partial charge in [0.2, 0.25) is 0 Å². The van der Waals surface area contributed by atoms with E-state index in [2.05, 4.69) is 10.1 Å². The number of carbonyl (C=O) groups excluding carboxylic acids is 1. The maximum Gasteiger partial charge on any atom is 0.258 e. The third kappa shape index (κ3) is 2.27. The van der Waals surface area contributed by atoms with E-state index in [9.17, 15) is 9.90 Å². The summed E-state index contributed by atoms with van der Waals surface area (Å²) in [4.78, 5) is 18.4. The Morgan fingerprint density at radius 2 is 2.10 bits per heavy atom. The first-order valence-corrected chi connectivity index (χ1v) is 6.40. The highest BCUT2D eigenvalue weighted by Crippen LogP contribution is 2.25. The van der Waals surface area contributed by atoms with Gasteiger partial charge >= 0.3 is 0 Å². The molecule has 2 heterocycles. The monoisotopic (exact) mass is 277 g/mol. The van der Waals surface area contributed by atoms with Crippen LogP contribution in [0, 0.1) is 13.8 Å². The van der Waals surface area contributed by atoms with Gasteiger partial charge in [-0.3, -0.25) is 4.79 Å². The topological polar surface area (TPSA) is 79.5 Å². The molecule has 0 fully saturated rings. The zero-order chi connectivity index (χ0) is 15.1. The largest absolute Gasteiger partial charge is 0.394 e. The molecule has 0 unspecified atom stereocenters. The smallest absolute Gasteiger partial charge is 0.258 e. The number of amides is 1. The van der Waals surface area contributed by atoms with E-state index >= 15 is 0 Å². The Kier molecular flexibility index (Phi) is 3.52. The molecule has 0 aromatic carbocycles. The van der Waals surface area contributed by atoms with Gasteiger partial charge in [-0.2, -0.15) is 0 Å². The molecule has 0 saturated heterocycles. The Bertz CT molecular complexity index is 661. The van der Waals surface area contributed by atoms with Gasteiger partial charge in [0.15, 0.2) is 0 Å². The second-order valence-corrected chi connectivity index (χ2v) is 5.59. The van der Waals surface area contributed by atoms with Crippen LogP contribution in [0.25, 0.3) is 11.1 Å². The van der Waals surface area contributed by atoms with Crippen molar-refractivity contribution in [3.8, 4) is 0 Å². The fourth-order valence-corrected chi connectivity index (χ4v) is 1.95. The van der Waals surface area contributed by atoms with Gasteiger partial charge in [0.1, 0.15) is 0 Å². The summed E-state index contributed by atoms with van der Waals surface area (Å²) in [7, 11) is 1.67. The Labute approximate surface area is 117 Å². The van der Waals surface area contributed by atoms with Gasteiger partial charge in [-0.05, 0) is 33.8 Å². The molecule has 0 atom stereocenters. The van der Waals surface area contributed by atoms with Crippen LogP contribution in [0.3, 0.4) is 0 Å². The van der Waals surface area contributed by atoms with Gasteiger partial charge in [0.05, 0.1) is 28.8 Å². The third-order valence-corrected chi connectivity index (χ3v) is 3.58. The summed E-state index contributed by atoms with van der Waals surface area (Å²) >= 11 is 0. The van der Waals surface area contributed by atoms with E-state index < -0.39 is 5.54 Å². The SMILES string of the molecule is Cc1cc(C(=O)N(C)C(C)(C)CO)c2c(C)noc2n1. The number of hydrogen-bond acceptors (Lipinski definition) is 5. The molecule has 0 bridgehead atoms. The number of carbonyl (C=O) groups is 1. The highest BCUT2D eigenvalue weighted by Gasteiger charge is 2.29. The fraction of sp³-hybridized carbons (Fsp3) is 0.500. The predicted molar refractivity (Wildman–Crippen MR) is 74.5 cm³/mol. The molecule has 0 saturated carbocycles. The molecule has 0 aliphatic carbocycles. The number of nitrogens with zero attached hydrogens (tertiary/aromatic N) is 3. The second kappa shape index (κ2) is 4.86. The number of aryl methyl sites for hydroxylation is 2. The lowest BCUT2D eigenvalue weighted by molar-refractivity contribution is 0.0475. The Balaban J connectivity index is 2.57. The second-order valence-electron chi connectivity index (χ2n) is 5.59. The molecule has 0 spiro atoms. The molecule has 1 amide bonds. The minimum absolute atomic E-state index is 0.120. The molecule has 2 rings (SSSR count). The molecule has 20 heavy (non-hydrogen) atoms. The number of pyridine rings is 1. The molecule has 6 heteroatoms. The van der Waals surface area contributed by atoms with Crippen LogP contribution in [0.5, 0.6) is 0 Å². The molecule has 108 valence electrons. The minimum atomic E-state index is -0.647. The van der Waals surface area contributed by atoms with Crippen LogP contribution < -0.4 is 0 Å². The lowest BCUT2D eigenvalue weighted by Gasteiger charge is -2.34. The third-order valence-electron chi connectivity index (χ3n) is 3.58. The molecule has 0 aliphatic rings. The predicted octanol–water partition coefficient (Wildman–Crippen LogP) is 1.68. The van der Waals surface area contributed by atoms with E-state index in [1.807, 2.05) is 0 Å². The van der Waals surface area contributed by atoms with Gasteiger partial charge in [-0.1, -0.05) is 5.16 Å². The summed E-state index contributed by atoms with van der Waals surface area (Å²) in [5.41, 5.74) is 1.53. The number of fused-ring (bicyclic) bond motifs is 1. The van der Waals surface area contributed by atoms with Crippen molar-refractivity contribution in [3.05, 3.63) is 23.0 Å². The van der Waals surface area contributed by atoms with E-state index in [0.29, 0.717) is 28.1 Å². The summed E-state index contributed by atoms with van der Waals surface area (Å²) in [5.74, 6) is -0.189. The summed E-state index contributed by atoms with van der Waals surface area (Å²) in [6.07, 6.45) is 0. The molecule has 6 nitrogen and oxygen atoms in total. The molecular formula is C14H19N3O3. The maximum absolute atomic E-state index is 12.7. The van der Waals surface area contributed by atoms with Crippen molar-refractivity contribution in [2.24, 2.45) is 0 Å². The minimum Gasteiger partial charge on any atom is -0.394 e. The molecule has 0 aliphatic heterocycles. The molecule has 2 aromatic heterocycles. The van der Waals surface area contributed by atoms with E-state index in [4.69, 9.17) is 4.52 Å². The lowest BCUT2D eigenvalue weighted by Crippen LogP contribution is -2.47. The van der Waals surface area contributed by atoms with Crippen molar-refractivity contribution < 1.29 is 14.4 Å². The van der Waals surface area contributed by atoms with E-state index in [1.54, 1.807) is 40.8 Å². The lowest BCUT2D eigenvalue weighted by atomic mass is 10.0. The molecular weight excluding hydrogens is 258 g/mol. The van der Waals surface area contributed by atoms with Crippen molar-refractivity contribution in [1.82, 2.24) is 15.0 Å². The first kappa shape index (κ1) is 14.5. The van der Waals surface area contributed by atoms with Gasteiger partial charge in [0, 0.05) is 12.7 Å². The van der Waals surface area contributed by atoms with Crippen molar-refractivity contribution in [1.29, 1.82) is 0 Å². The van der Waals surface area contributed by atoms with Gasteiger partial charge < -0.3 is 14.5 Å². The Morgan fingerprint density at radius 3 is 2.70 bits per heavy atom. The number of aliphatic hydroxyl groups excluding tert-OH is 1.